The van der Waals surface area contributed by atoms with Gasteiger partial charge >= 0.3 is 0 Å². The van der Waals surface area contributed by atoms with Crippen molar-refractivity contribution >= 4 is 17.2 Å². The van der Waals surface area contributed by atoms with Crippen molar-refractivity contribution < 1.29 is 14.3 Å². The quantitative estimate of drug-likeness (QED) is 0.683. The molecule has 1 unspecified atom stereocenters. The highest BCUT2D eigenvalue weighted by molar-refractivity contribution is 7.10. The van der Waals surface area contributed by atoms with Crippen LogP contribution in [0.25, 0.3) is 0 Å². The molecule has 2 aliphatic heterocycles. The first kappa shape index (κ1) is 15.5. The standard InChI is InChI=1S/C21H17NO3S/c23-21(15-6-7-17-18(12-15)25-13-24-17)22-10-8-19-16(9-11-26-19)20(22)14-4-2-1-3-5-14/h1-7,9,11-12,20H,8,10,13H2. The summed E-state index contributed by atoms with van der Waals surface area (Å²) in [6.07, 6.45) is 0.895. The Labute approximate surface area is 155 Å². The van der Waals surface area contributed by atoms with E-state index in [0.717, 1.165) is 12.0 Å². The molecule has 130 valence electrons. The zero-order valence-electron chi connectivity index (χ0n) is 14.1. The molecule has 2 aromatic carbocycles. The number of hydrogen-bond donors (Lipinski definition) is 0. The molecule has 5 heteroatoms. The number of hydrogen-bond acceptors (Lipinski definition) is 4. The molecule has 0 radical (unpaired) electrons. The Hall–Kier alpha value is -2.79. The molecule has 3 aromatic rings. The average Bonchev–Trinajstić information content (AvgIpc) is 3.35. The Bertz CT molecular complexity index is 966. The summed E-state index contributed by atoms with van der Waals surface area (Å²) in [7, 11) is 0. The molecule has 0 N–H and O–H groups in total. The summed E-state index contributed by atoms with van der Waals surface area (Å²) >= 11 is 1.78. The molecule has 26 heavy (non-hydrogen) atoms. The van der Waals surface area contributed by atoms with E-state index in [0.29, 0.717) is 23.6 Å². The predicted octanol–water partition coefficient (Wildman–Crippen LogP) is 4.26. The van der Waals surface area contributed by atoms with Gasteiger partial charge in [0.05, 0.1) is 6.04 Å². The molecule has 1 atom stereocenters. The first-order valence-electron chi connectivity index (χ1n) is 8.63. The molecule has 0 bridgehead atoms. The summed E-state index contributed by atoms with van der Waals surface area (Å²) in [5.74, 6) is 1.36. The van der Waals surface area contributed by atoms with Gasteiger partial charge < -0.3 is 14.4 Å². The van der Waals surface area contributed by atoms with Gasteiger partial charge in [-0.15, -0.1) is 11.3 Å². The van der Waals surface area contributed by atoms with Gasteiger partial charge in [0.1, 0.15) is 0 Å². The number of benzene rings is 2. The van der Waals surface area contributed by atoms with E-state index < -0.39 is 0 Å². The topological polar surface area (TPSA) is 38.8 Å². The maximum absolute atomic E-state index is 13.3. The van der Waals surface area contributed by atoms with Crippen molar-refractivity contribution in [1.82, 2.24) is 4.90 Å². The lowest BCUT2D eigenvalue weighted by Gasteiger charge is -2.36. The summed E-state index contributed by atoms with van der Waals surface area (Å²) in [6, 6.07) is 17.8. The van der Waals surface area contributed by atoms with Gasteiger partial charge in [0.15, 0.2) is 11.5 Å². The van der Waals surface area contributed by atoms with Crippen LogP contribution in [-0.4, -0.2) is 24.1 Å². The second-order valence-corrected chi connectivity index (χ2v) is 7.43. The van der Waals surface area contributed by atoms with Crippen molar-refractivity contribution in [3.8, 4) is 11.5 Å². The normalized spacial score (nSPS) is 17.8. The number of carbonyl (C=O) groups is 1. The molecule has 0 fully saturated rings. The summed E-state index contributed by atoms with van der Waals surface area (Å²) in [5, 5.41) is 2.12. The number of nitrogens with zero attached hydrogens (tertiary/aromatic N) is 1. The number of fused-ring (bicyclic) bond motifs is 2. The number of carbonyl (C=O) groups excluding carboxylic acids is 1. The summed E-state index contributed by atoms with van der Waals surface area (Å²) in [4.78, 5) is 16.7. The Morgan fingerprint density at radius 3 is 2.77 bits per heavy atom. The van der Waals surface area contributed by atoms with Crippen LogP contribution in [0.4, 0.5) is 0 Å². The Morgan fingerprint density at radius 2 is 1.88 bits per heavy atom. The van der Waals surface area contributed by atoms with Crippen LogP contribution in [0, 0.1) is 0 Å². The lowest BCUT2D eigenvalue weighted by Crippen LogP contribution is -2.40. The highest BCUT2D eigenvalue weighted by Gasteiger charge is 2.33. The molecule has 0 saturated carbocycles. The molecular formula is C21H17NO3S. The Balaban J connectivity index is 1.55. The van der Waals surface area contributed by atoms with Crippen LogP contribution in [0.3, 0.4) is 0 Å². The Kier molecular flexibility index (Phi) is 3.68. The van der Waals surface area contributed by atoms with E-state index in [4.69, 9.17) is 9.47 Å². The van der Waals surface area contributed by atoms with Crippen molar-refractivity contribution in [2.75, 3.05) is 13.3 Å². The third kappa shape index (κ3) is 2.47. The lowest BCUT2D eigenvalue weighted by atomic mass is 9.92. The van der Waals surface area contributed by atoms with Crippen molar-refractivity contribution in [1.29, 1.82) is 0 Å². The van der Waals surface area contributed by atoms with Crippen LogP contribution in [0.1, 0.15) is 32.4 Å². The van der Waals surface area contributed by atoms with Gasteiger partial charge in [-0.05, 0) is 47.2 Å². The maximum atomic E-state index is 13.3. The number of rotatable bonds is 2. The third-order valence-electron chi connectivity index (χ3n) is 4.96. The number of thiophene rings is 1. The predicted molar refractivity (Wildman–Crippen MR) is 99.9 cm³/mol. The van der Waals surface area contributed by atoms with Gasteiger partial charge in [-0.1, -0.05) is 30.3 Å². The fraction of sp³-hybridized carbons (Fsp3) is 0.190. The van der Waals surface area contributed by atoms with Crippen molar-refractivity contribution in [3.63, 3.8) is 0 Å². The number of ether oxygens (including phenoxy) is 2. The zero-order valence-corrected chi connectivity index (χ0v) is 14.9. The van der Waals surface area contributed by atoms with E-state index in [1.54, 1.807) is 17.4 Å². The van der Waals surface area contributed by atoms with Crippen molar-refractivity contribution in [2.24, 2.45) is 0 Å². The molecule has 3 heterocycles. The van der Waals surface area contributed by atoms with E-state index >= 15 is 0 Å². The monoisotopic (exact) mass is 363 g/mol. The van der Waals surface area contributed by atoms with Crippen LogP contribution in [0.15, 0.2) is 60.0 Å². The largest absolute Gasteiger partial charge is 0.454 e. The SMILES string of the molecule is O=C(c1ccc2c(c1)OCO2)N1CCc2sccc2C1c1ccccc1. The Morgan fingerprint density at radius 1 is 1.04 bits per heavy atom. The van der Waals surface area contributed by atoms with Gasteiger partial charge in [0, 0.05) is 17.0 Å². The highest BCUT2D eigenvalue weighted by atomic mass is 32.1. The molecule has 4 nitrogen and oxygen atoms in total. The van der Waals surface area contributed by atoms with E-state index in [9.17, 15) is 4.79 Å². The fourth-order valence-electron chi connectivity index (χ4n) is 3.73. The molecule has 0 spiro atoms. The van der Waals surface area contributed by atoms with Crippen LogP contribution < -0.4 is 9.47 Å². The van der Waals surface area contributed by atoms with Gasteiger partial charge in [-0.2, -0.15) is 0 Å². The molecule has 1 aromatic heterocycles. The molecular weight excluding hydrogens is 346 g/mol. The fourth-order valence-corrected chi connectivity index (χ4v) is 4.63. The van der Waals surface area contributed by atoms with E-state index in [-0.39, 0.29) is 18.7 Å². The second kappa shape index (κ2) is 6.18. The minimum atomic E-state index is -0.0517. The third-order valence-corrected chi connectivity index (χ3v) is 5.96. The van der Waals surface area contributed by atoms with Gasteiger partial charge in [-0.3, -0.25) is 4.79 Å². The molecule has 5 rings (SSSR count). The van der Waals surface area contributed by atoms with Crippen LogP contribution >= 0.6 is 11.3 Å². The first-order chi connectivity index (χ1) is 12.8. The van der Waals surface area contributed by atoms with Crippen LogP contribution in [0.2, 0.25) is 0 Å². The molecule has 2 aliphatic rings. The maximum Gasteiger partial charge on any atom is 0.254 e. The minimum Gasteiger partial charge on any atom is -0.454 e. The summed E-state index contributed by atoms with van der Waals surface area (Å²) in [6.45, 7) is 0.919. The molecule has 0 aliphatic carbocycles. The second-order valence-electron chi connectivity index (χ2n) is 6.43. The van der Waals surface area contributed by atoms with E-state index in [1.165, 1.54) is 10.4 Å². The molecule has 1 amide bonds. The zero-order chi connectivity index (χ0) is 17.5. The number of amides is 1. The van der Waals surface area contributed by atoms with Crippen LogP contribution in [0.5, 0.6) is 11.5 Å². The average molecular weight is 363 g/mol. The van der Waals surface area contributed by atoms with E-state index in [2.05, 4.69) is 23.6 Å². The highest BCUT2D eigenvalue weighted by Crippen LogP contribution is 2.39. The first-order valence-corrected chi connectivity index (χ1v) is 9.51. The van der Waals surface area contributed by atoms with Crippen LogP contribution in [-0.2, 0) is 6.42 Å². The van der Waals surface area contributed by atoms with Gasteiger partial charge in [0.25, 0.3) is 5.91 Å². The van der Waals surface area contributed by atoms with Crippen molar-refractivity contribution in [3.05, 3.63) is 81.5 Å². The summed E-state index contributed by atoms with van der Waals surface area (Å²) < 4.78 is 10.8. The van der Waals surface area contributed by atoms with Gasteiger partial charge in [-0.25, -0.2) is 0 Å². The van der Waals surface area contributed by atoms with Crippen molar-refractivity contribution in [2.45, 2.75) is 12.5 Å². The van der Waals surface area contributed by atoms with E-state index in [1.807, 2.05) is 35.2 Å². The summed E-state index contributed by atoms with van der Waals surface area (Å²) in [5.41, 5.74) is 3.01. The molecule has 0 saturated heterocycles. The lowest BCUT2D eigenvalue weighted by molar-refractivity contribution is 0.0695. The minimum absolute atomic E-state index is 0.0222. The smallest absolute Gasteiger partial charge is 0.254 e. The van der Waals surface area contributed by atoms with Gasteiger partial charge in [0.2, 0.25) is 6.79 Å².